The zero-order valence-corrected chi connectivity index (χ0v) is 13.0. The smallest absolute Gasteiger partial charge is 0.414 e. The summed E-state index contributed by atoms with van der Waals surface area (Å²) in [5.41, 5.74) is 1.30. The van der Waals surface area contributed by atoms with Gasteiger partial charge in [0, 0.05) is 24.1 Å². The lowest BCUT2D eigenvalue weighted by Crippen LogP contribution is -2.33. The maximum atomic E-state index is 11.9. The predicted octanol–water partition coefficient (Wildman–Crippen LogP) is 1.99. The zero-order valence-electron chi connectivity index (χ0n) is 13.0. The molecule has 118 valence electrons. The van der Waals surface area contributed by atoms with E-state index in [0.29, 0.717) is 24.3 Å². The largest absolute Gasteiger partial charge is 0.442 e. The van der Waals surface area contributed by atoms with Crippen molar-refractivity contribution in [3.8, 4) is 0 Å². The van der Waals surface area contributed by atoms with E-state index in [9.17, 15) is 14.4 Å². The average Bonchev–Trinajstić information content (AvgIpc) is 2.85. The summed E-state index contributed by atoms with van der Waals surface area (Å²) in [6, 6.07) is 6.90. The number of carbonyl (C=O) groups is 3. The van der Waals surface area contributed by atoms with Crippen molar-refractivity contribution in [3.63, 3.8) is 0 Å². The van der Waals surface area contributed by atoms with Crippen LogP contribution < -0.4 is 10.2 Å². The van der Waals surface area contributed by atoms with E-state index >= 15 is 0 Å². The summed E-state index contributed by atoms with van der Waals surface area (Å²) in [5, 5.41) is 2.63. The summed E-state index contributed by atoms with van der Waals surface area (Å²) in [6.07, 6.45) is -0.813. The van der Waals surface area contributed by atoms with E-state index in [2.05, 4.69) is 5.32 Å². The Kier molecular flexibility index (Phi) is 4.80. The number of ether oxygens (including phenoxy) is 1. The summed E-state index contributed by atoms with van der Waals surface area (Å²) in [7, 11) is 0. The molecule has 1 aliphatic heterocycles. The number of Topliss-reactive ketones (excluding diaryl/α,β-unsaturated/α-hetero) is 1. The summed E-state index contributed by atoms with van der Waals surface area (Å²) < 4.78 is 5.20. The average molecular weight is 304 g/mol. The third-order valence-electron chi connectivity index (χ3n) is 3.44. The molecule has 0 aliphatic carbocycles. The first-order valence-electron chi connectivity index (χ1n) is 7.25. The molecule has 1 heterocycles. The number of amides is 2. The van der Waals surface area contributed by atoms with Gasteiger partial charge in [0.2, 0.25) is 5.91 Å². The number of benzene rings is 1. The van der Waals surface area contributed by atoms with Gasteiger partial charge in [0.05, 0.1) is 13.1 Å². The highest BCUT2D eigenvalue weighted by molar-refractivity contribution is 5.98. The molecule has 0 saturated carbocycles. The van der Waals surface area contributed by atoms with E-state index in [0.717, 1.165) is 0 Å². The van der Waals surface area contributed by atoms with Crippen molar-refractivity contribution in [2.24, 2.45) is 5.92 Å². The summed E-state index contributed by atoms with van der Waals surface area (Å²) in [4.78, 5) is 36.2. The Hall–Kier alpha value is -2.37. The molecule has 2 rings (SSSR count). The molecule has 0 bridgehead atoms. The monoisotopic (exact) mass is 304 g/mol. The number of hydrogen-bond acceptors (Lipinski definition) is 4. The molecule has 6 nitrogen and oxygen atoms in total. The molecule has 1 fully saturated rings. The third kappa shape index (κ3) is 3.63. The number of rotatable bonds is 5. The number of nitrogens with zero attached hydrogens (tertiary/aromatic N) is 1. The van der Waals surface area contributed by atoms with Gasteiger partial charge in [0.25, 0.3) is 0 Å². The molecule has 0 spiro atoms. The van der Waals surface area contributed by atoms with E-state index in [1.807, 2.05) is 13.8 Å². The van der Waals surface area contributed by atoms with Crippen molar-refractivity contribution in [1.29, 1.82) is 0 Å². The molecule has 6 heteroatoms. The molecule has 2 amide bonds. The maximum absolute atomic E-state index is 11.9. The van der Waals surface area contributed by atoms with Crippen LogP contribution in [0.4, 0.5) is 10.5 Å². The fourth-order valence-electron chi connectivity index (χ4n) is 2.24. The molecule has 22 heavy (non-hydrogen) atoms. The lowest BCUT2D eigenvalue weighted by molar-refractivity contribution is -0.119. The number of anilines is 1. The van der Waals surface area contributed by atoms with Gasteiger partial charge in [-0.1, -0.05) is 13.8 Å². The Morgan fingerprint density at radius 1 is 1.32 bits per heavy atom. The molecule has 1 saturated heterocycles. The SMILES string of the molecule is CC(=O)NC[C@H]1CN(c2ccc(C(=O)C(C)C)cc2)C(=O)O1. The Labute approximate surface area is 129 Å². The van der Waals surface area contributed by atoms with E-state index in [1.165, 1.54) is 11.8 Å². The fourth-order valence-corrected chi connectivity index (χ4v) is 2.24. The number of cyclic esters (lactones) is 1. The minimum absolute atomic E-state index is 0.0652. The second-order valence-electron chi connectivity index (χ2n) is 5.62. The second-order valence-corrected chi connectivity index (χ2v) is 5.62. The van der Waals surface area contributed by atoms with Crippen LogP contribution in [0.15, 0.2) is 24.3 Å². The van der Waals surface area contributed by atoms with E-state index in [4.69, 9.17) is 4.74 Å². The normalized spacial score (nSPS) is 17.5. The summed E-state index contributed by atoms with van der Waals surface area (Å²) in [6.45, 7) is 5.78. The molecule has 1 aromatic carbocycles. The Morgan fingerprint density at radius 2 is 1.95 bits per heavy atom. The second kappa shape index (κ2) is 6.60. The van der Waals surface area contributed by atoms with Crippen LogP contribution in [0.1, 0.15) is 31.1 Å². The van der Waals surface area contributed by atoms with Gasteiger partial charge in [0.15, 0.2) is 5.78 Å². The van der Waals surface area contributed by atoms with Crippen LogP contribution in [0.25, 0.3) is 0 Å². The molecule has 1 atom stereocenters. The first-order valence-corrected chi connectivity index (χ1v) is 7.25. The van der Waals surface area contributed by atoms with Crippen molar-refractivity contribution >= 4 is 23.5 Å². The quantitative estimate of drug-likeness (QED) is 0.844. The van der Waals surface area contributed by atoms with Crippen LogP contribution in [0.2, 0.25) is 0 Å². The molecule has 1 aliphatic rings. The minimum Gasteiger partial charge on any atom is -0.442 e. The first kappa shape index (κ1) is 16.0. The van der Waals surface area contributed by atoms with Gasteiger partial charge in [-0.3, -0.25) is 14.5 Å². The van der Waals surface area contributed by atoms with Crippen molar-refractivity contribution in [2.75, 3.05) is 18.0 Å². The summed E-state index contributed by atoms with van der Waals surface area (Å²) >= 11 is 0. The van der Waals surface area contributed by atoms with Gasteiger partial charge in [0.1, 0.15) is 6.10 Å². The molecule has 0 radical (unpaired) electrons. The zero-order chi connectivity index (χ0) is 16.3. The molecule has 1 N–H and O–H groups in total. The van der Waals surface area contributed by atoms with Crippen LogP contribution >= 0.6 is 0 Å². The van der Waals surface area contributed by atoms with E-state index in [-0.39, 0.29) is 23.7 Å². The van der Waals surface area contributed by atoms with Gasteiger partial charge in [-0.15, -0.1) is 0 Å². The molecular weight excluding hydrogens is 284 g/mol. The van der Waals surface area contributed by atoms with Gasteiger partial charge >= 0.3 is 6.09 Å². The topological polar surface area (TPSA) is 75.7 Å². The van der Waals surface area contributed by atoms with Gasteiger partial charge < -0.3 is 10.1 Å². The van der Waals surface area contributed by atoms with Crippen molar-refractivity contribution in [3.05, 3.63) is 29.8 Å². The van der Waals surface area contributed by atoms with Crippen LogP contribution in [-0.2, 0) is 9.53 Å². The van der Waals surface area contributed by atoms with Crippen molar-refractivity contribution < 1.29 is 19.1 Å². The standard InChI is InChI=1S/C16H20N2O4/c1-10(2)15(20)12-4-6-13(7-5-12)18-9-14(22-16(18)21)8-17-11(3)19/h4-7,10,14H,8-9H2,1-3H3,(H,17,19)/t14-/m0/s1. The van der Waals surface area contributed by atoms with Crippen LogP contribution in [0.5, 0.6) is 0 Å². The van der Waals surface area contributed by atoms with Crippen LogP contribution in [0, 0.1) is 5.92 Å². The van der Waals surface area contributed by atoms with Gasteiger partial charge in [-0.05, 0) is 24.3 Å². The van der Waals surface area contributed by atoms with E-state index < -0.39 is 6.09 Å². The molecule has 0 aromatic heterocycles. The highest BCUT2D eigenvalue weighted by atomic mass is 16.6. The number of ketones is 1. The Bertz CT molecular complexity index is 580. The summed E-state index contributed by atoms with van der Waals surface area (Å²) in [5.74, 6) is -0.158. The maximum Gasteiger partial charge on any atom is 0.414 e. The van der Waals surface area contributed by atoms with Crippen molar-refractivity contribution in [2.45, 2.75) is 26.9 Å². The van der Waals surface area contributed by atoms with Crippen LogP contribution in [0.3, 0.4) is 0 Å². The van der Waals surface area contributed by atoms with Crippen molar-refractivity contribution in [1.82, 2.24) is 5.32 Å². The minimum atomic E-state index is -0.446. The number of nitrogens with one attached hydrogen (secondary N) is 1. The fraction of sp³-hybridized carbons (Fsp3) is 0.438. The van der Waals surface area contributed by atoms with E-state index in [1.54, 1.807) is 24.3 Å². The third-order valence-corrected chi connectivity index (χ3v) is 3.44. The lowest BCUT2D eigenvalue weighted by Gasteiger charge is -2.14. The number of carbonyl (C=O) groups excluding carboxylic acids is 3. The molecule has 0 unspecified atom stereocenters. The Balaban J connectivity index is 2.04. The highest BCUT2D eigenvalue weighted by Gasteiger charge is 2.32. The molecule has 1 aromatic rings. The lowest BCUT2D eigenvalue weighted by atomic mass is 10.0. The molecular formula is C16H20N2O4. The van der Waals surface area contributed by atoms with Crippen LogP contribution in [-0.4, -0.2) is 37.0 Å². The highest BCUT2D eigenvalue weighted by Crippen LogP contribution is 2.22. The Morgan fingerprint density at radius 3 is 2.50 bits per heavy atom. The first-order chi connectivity index (χ1) is 10.4. The predicted molar refractivity (Wildman–Crippen MR) is 81.9 cm³/mol. The van der Waals surface area contributed by atoms with Gasteiger partial charge in [-0.2, -0.15) is 0 Å². The number of hydrogen-bond donors (Lipinski definition) is 1. The van der Waals surface area contributed by atoms with Gasteiger partial charge in [-0.25, -0.2) is 4.79 Å².